The van der Waals surface area contributed by atoms with Crippen LogP contribution < -0.4 is 15.5 Å². The van der Waals surface area contributed by atoms with Crippen molar-refractivity contribution in [2.75, 3.05) is 36.0 Å². The van der Waals surface area contributed by atoms with E-state index in [1.54, 1.807) is 46.2 Å². The molecule has 6 aromatic carbocycles. The molecule has 5 nitrogen and oxygen atoms in total. The second-order valence-electron chi connectivity index (χ2n) is 16.3. The fraction of sp³-hybridized carbons (Fsp3) is 0.255. The highest BCUT2D eigenvalue weighted by molar-refractivity contribution is 9.08. The summed E-state index contributed by atoms with van der Waals surface area (Å²) in [6.07, 6.45) is -8.02. The largest absolute Gasteiger partial charge is 0.400 e. The maximum absolute atomic E-state index is 14.3. The molecule has 2 saturated heterocycles. The van der Waals surface area contributed by atoms with Gasteiger partial charge in [0.05, 0.1) is 0 Å². The zero-order chi connectivity index (χ0) is 48.6. The number of benzene rings is 6. The Morgan fingerprint density at radius 2 is 0.925 bits per heavy atom. The molecule has 8 rings (SSSR count). The standard InChI is InChI=1S/C26H22Cl2F3NO.C18H15BrCl2F3N.C7H7NO/c27-21-14-20(15-22(28)16-21)25(26(29,30)31)12-13-32(17-25)23-9-6-18(7-10-23)8-11-24(33)19-4-2-1-3-5-19;19-10-12-1-3-16(4-2-12)25-6-5-17(11-25,18(22,23)24)13-7-14(20)9-15(21)8-13;8-7(9)6-4-2-1-3-5-6/h1-7,9-10,14-16H,8,11-13,17H2;1-4,7-9H,5-6,10-11H2;1-5H,(H2,8,9). The summed E-state index contributed by atoms with van der Waals surface area (Å²) in [5.41, 5.74) is 5.94. The number of hydrogen-bond acceptors (Lipinski definition) is 4. The zero-order valence-corrected chi connectivity index (χ0v) is 40.3. The summed E-state index contributed by atoms with van der Waals surface area (Å²) in [7, 11) is 0. The third-order valence-corrected chi connectivity index (χ3v) is 13.5. The van der Waals surface area contributed by atoms with Crippen LogP contribution in [0.25, 0.3) is 0 Å². The highest BCUT2D eigenvalue weighted by atomic mass is 79.9. The van der Waals surface area contributed by atoms with E-state index in [2.05, 4.69) is 15.9 Å². The zero-order valence-electron chi connectivity index (χ0n) is 35.7. The van der Waals surface area contributed by atoms with Gasteiger partial charge in [-0.3, -0.25) is 9.59 Å². The van der Waals surface area contributed by atoms with Crippen molar-refractivity contribution in [1.82, 2.24) is 0 Å². The summed E-state index contributed by atoms with van der Waals surface area (Å²) in [5.74, 6) is -0.315. The van der Waals surface area contributed by atoms with E-state index < -0.39 is 23.2 Å². The van der Waals surface area contributed by atoms with E-state index in [-0.39, 0.29) is 75.4 Å². The fourth-order valence-corrected chi connectivity index (χ4v) is 9.71. The van der Waals surface area contributed by atoms with Gasteiger partial charge in [0.2, 0.25) is 5.91 Å². The molecule has 2 unspecified atom stereocenters. The van der Waals surface area contributed by atoms with Crippen LogP contribution in [0.15, 0.2) is 146 Å². The molecule has 2 atom stereocenters. The minimum Gasteiger partial charge on any atom is -0.370 e. The number of carbonyl (C=O) groups is 2. The van der Waals surface area contributed by atoms with E-state index in [4.69, 9.17) is 52.1 Å². The number of amides is 1. The number of carbonyl (C=O) groups excluding carboxylic acids is 2. The average Bonchev–Trinajstić information content (AvgIpc) is 3.98. The topological polar surface area (TPSA) is 66.6 Å². The van der Waals surface area contributed by atoms with Gasteiger partial charge in [0.15, 0.2) is 5.78 Å². The highest BCUT2D eigenvalue weighted by Crippen LogP contribution is 2.51. The van der Waals surface area contributed by atoms with Gasteiger partial charge in [0.1, 0.15) is 10.8 Å². The SMILES string of the molecule is FC(F)(F)C1(c2cc(Cl)cc(Cl)c2)CCN(c2ccc(CBr)cc2)C1.NC(=O)c1ccccc1.O=C(CCc1ccc(N2CCC(c3cc(Cl)cc(Cl)c3)(C(F)(F)F)C2)cc1)c1ccccc1. The van der Waals surface area contributed by atoms with E-state index in [1.165, 1.54) is 36.4 Å². The maximum Gasteiger partial charge on any atom is 0.400 e. The van der Waals surface area contributed by atoms with Gasteiger partial charge in [-0.2, -0.15) is 26.3 Å². The first kappa shape index (κ1) is 51.7. The molecular weight excluding hydrogens is 1020 g/mol. The maximum atomic E-state index is 14.3. The number of nitrogens with two attached hydrogens (primary N) is 1. The van der Waals surface area contributed by atoms with Crippen molar-refractivity contribution in [3.8, 4) is 0 Å². The summed E-state index contributed by atoms with van der Waals surface area (Å²) >= 11 is 27.3. The van der Waals surface area contributed by atoms with E-state index in [1.807, 2.05) is 72.8 Å². The number of Topliss-reactive ketones (excluding diaryl/α,β-unsaturated/α-hetero) is 1. The van der Waals surface area contributed by atoms with Crippen LogP contribution in [0.3, 0.4) is 0 Å². The van der Waals surface area contributed by atoms with Crippen molar-refractivity contribution >= 4 is 85.4 Å². The summed E-state index contributed by atoms with van der Waals surface area (Å²) in [5, 5.41) is 1.52. The molecule has 0 aromatic heterocycles. The molecule has 2 aliphatic heterocycles. The van der Waals surface area contributed by atoms with Gasteiger partial charge in [-0.15, -0.1) is 0 Å². The van der Waals surface area contributed by atoms with Gasteiger partial charge in [-0.25, -0.2) is 0 Å². The van der Waals surface area contributed by atoms with Crippen LogP contribution in [0, 0.1) is 0 Å². The Balaban J connectivity index is 0.000000191. The molecule has 0 spiro atoms. The summed E-state index contributed by atoms with van der Waals surface area (Å²) < 4.78 is 85.0. The lowest BCUT2D eigenvalue weighted by Gasteiger charge is -2.33. The minimum absolute atomic E-state index is 0.0344. The first-order valence-electron chi connectivity index (χ1n) is 21.0. The first-order valence-corrected chi connectivity index (χ1v) is 23.6. The van der Waals surface area contributed by atoms with Crippen LogP contribution >= 0.6 is 62.3 Å². The van der Waals surface area contributed by atoms with Crippen LogP contribution in [0.1, 0.15) is 62.2 Å². The van der Waals surface area contributed by atoms with Crippen LogP contribution in [0.5, 0.6) is 0 Å². The lowest BCUT2D eigenvalue weighted by molar-refractivity contribution is -0.185. The van der Waals surface area contributed by atoms with Gasteiger partial charge in [-0.1, -0.05) is 135 Å². The third-order valence-electron chi connectivity index (χ3n) is 12.0. The molecule has 2 N–H and O–H groups in total. The Hall–Kier alpha value is -4.72. The number of nitrogens with zero attached hydrogens (tertiary/aromatic N) is 2. The number of halogens is 11. The van der Waals surface area contributed by atoms with E-state index >= 15 is 0 Å². The lowest BCUT2D eigenvalue weighted by Crippen LogP contribution is -2.44. The molecule has 0 bridgehead atoms. The smallest absolute Gasteiger partial charge is 0.370 e. The van der Waals surface area contributed by atoms with Crippen LogP contribution in [-0.4, -0.2) is 50.2 Å². The van der Waals surface area contributed by atoms with Gasteiger partial charge < -0.3 is 15.5 Å². The molecule has 0 aliphatic carbocycles. The molecule has 352 valence electrons. The molecule has 67 heavy (non-hydrogen) atoms. The Morgan fingerprint density at radius 3 is 1.27 bits per heavy atom. The Kier molecular flexibility index (Phi) is 17.1. The number of rotatable bonds is 10. The van der Waals surface area contributed by atoms with Crippen molar-refractivity contribution < 1.29 is 35.9 Å². The average molecular weight is 1070 g/mol. The van der Waals surface area contributed by atoms with Gasteiger partial charge >= 0.3 is 12.4 Å². The van der Waals surface area contributed by atoms with Crippen molar-refractivity contribution in [3.63, 3.8) is 0 Å². The first-order chi connectivity index (χ1) is 31.7. The molecule has 1 amide bonds. The minimum atomic E-state index is -4.45. The van der Waals surface area contributed by atoms with Gasteiger partial charge in [0.25, 0.3) is 0 Å². The van der Waals surface area contributed by atoms with Crippen LogP contribution in [0.4, 0.5) is 37.7 Å². The van der Waals surface area contributed by atoms with E-state index in [0.717, 1.165) is 16.8 Å². The van der Waals surface area contributed by atoms with Crippen molar-refractivity contribution in [2.45, 2.75) is 54.2 Å². The third kappa shape index (κ3) is 12.7. The predicted octanol–water partition coefficient (Wildman–Crippen LogP) is 14.9. The fourth-order valence-electron chi connectivity index (χ4n) is 8.28. The number of ketones is 1. The summed E-state index contributed by atoms with van der Waals surface area (Å²) in [6, 6.07) is 41.1. The van der Waals surface area contributed by atoms with Crippen molar-refractivity contribution in [1.29, 1.82) is 0 Å². The predicted molar refractivity (Wildman–Crippen MR) is 262 cm³/mol. The molecule has 0 saturated carbocycles. The number of primary amides is 1. The number of hydrogen-bond donors (Lipinski definition) is 1. The second kappa shape index (κ2) is 22.1. The quantitative estimate of drug-likeness (QED) is 0.0843. The number of anilines is 2. The number of alkyl halides is 7. The van der Waals surface area contributed by atoms with Crippen molar-refractivity contribution in [3.05, 3.63) is 199 Å². The molecule has 2 heterocycles. The van der Waals surface area contributed by atoms with Crippen LogP contribution in [0.2, 0.25) is 20.1 Å². The molecule has 16 heteroatoms. The van der Waals surface area contributed by atoms with E-state index in [9.17, 15) is 35.9 Å². The summed E-state index contributed by atoms with van der Waals surface area (Å²) in [4.78, 5) is 26.2. The van der Waals surface area contributed by atoms with E-state index in [0.29, 0.717) is 41.5 Å². The van der Waals surface area contributed by atoms with Crippen LogP contribution in [-0.2, 0) is 22.6 Å². The van der Waals surface area contributed by atoms with Gasteiger partial charge in [0, 0.05) is 80.5 Å². The molecule has 2 fully saturated rings. The molecule has 2 aliphatic rings. The monoisotopic (exact) mass is 1060 g/mol. The number of aryl methyl sites for hydroxylation is 1. The Labute approximate surface area is 413 Å². The normalized spacial score (nSPS) is 18.1. The second-order valence-corrected chi connectivity index (χ2v) is 18.6. The molecule has 6 aromatic rings. The lowest BCUT2D eigenvalue weighted by atomic mass is 9.79. The Bertz CT molecular complexity index is 2580. The highest BCUT2D eigenvalue weighted by Gasteiger charge is 2.60. The van der Waals surface area contributed by atoms with Crippen molar-refractivity contribution in [2.24, 2.45) is 5.73 Å². The molecular formula is C51H44BrCl4F6N3O2. The van der Waals surface area contributed by atoms with Gasteiger partial charge in [-0.05, 0) is 114 Å². The Morgan fingerprint density at radius 1 is 0.552 bits per heavy atom. The summed E-state index contributed by atoms with van der Waals surface area (Å²) in [6.45, 7) is 0.215. The molecule has 0 radical (unpaired) electrons.